The van der Waals surface area contributed by atoms with E-state index in [1.54, 1.807) is 0 Å². The molecule has 0 radical (unpaired) electrons. The fourth-order valence-corrected chi connectivity index (χ4v) is 3.02. The number of ether oxygens (including phenoxy) is 5. The molecule has 0 bridgehead atoms. The van der Waals surface area contributed by atoms with Gasteiger partial charge in [0.2, 0.25) is 5.91 Å². The van der Waals surface area contributed by atoms with Gasteiger partial charge in [0.1, 0.15) is 5.54 Å². The van der Waals surface area contributed by atoms with Crippen LogP contribution in [0.15, 0.2) is 30.3 Å². The van der Waals surface area contributed by atoms with Gasteiger partial charge in [-0.25, -0.2) is 0 Å². The smallest absolute Gasteiger partial charge is 0.305 e. The van der Waals surface area contributed by atoms with Crippen molar-refractivity contribution in [1.82, 2.24) is 5.32 Å². The van der Waals surface area contributed by atoms with Gasteiger partial charge in [0, 0.05) is 6.42 Å². The maximum atomic E-state index is 12.7. The van der Waals surface area contributed by atoms with Crippen LogP contribution in [0.3, 0.4) is 0 Å². The minimum absolute atomic E-state index is 0.0280. The highest BCUT2D eigenvalue weighted by Crippen LogP contribution is 2.11. The molecule has 0 aromatic heterocycles. The summed E-state index contributed by atoms with van der Waals surface area (Å²) in [5.74, 6) is -3.65. The molecule has 0 aliphatic heterocycles. The van der Waals surface area contributed by atoms with Gasteiger partial charge < -0.3 is 44.3 Å². The second-order valence-electron chi connectivity index (χ2n) is 8.32. The van der Waals surface area contributed by atoms with Crippen molar-refractivity contribution in [2.75, 3.05) is 59.5 Å². The third kappa shape index (κ3) is 17.4. The lowest BCUT2D eigenvalue weighted by Gasteiger charge is -2.34. The van der Waals surface area contributed by atoms with Crippen molar-refractivity contribution >= 4 is 23.8 Å². The van der Waals surface area contributed by atoms with Crippen LogP contribution < -0.4 is 5.32 Å². The molecule has 0 saturated carbocycles. The molecule has 0 aliphatic carbocycles. The van der Waals surface area contributed by atoms with Crippen molar-refractivity contribution in [2.24, 2.45) is 0 Å². The number of carbonyl (C=O) groups excluding carboxylic acids is 1. The van der Waals surface area contributed by atoms with Crippen LogP contribution in [-0.4, -0.2) is 104 Å². The molecule has 38 heavy (non-hydrogen) atoms. The van der Waals surface area contributed by atoms with Crippen LogP contribution in [0.2, 0.25) is 0 Å². The van der Waals surface area contributed by atoms with E-state index in [2.05, 4.69) is 5.32 Å². The van der Waals surface area contributed by atoms with E-state index in [0.29, 0.717) is 13.2 Å². The zero-order valence-corrected chi connectivity index (χ0v) is 21.3. The maximum absolute atomic E-state index is 12.7. The molecule has 1 amide bonds. The van der Waals surface area contributed by atoms with Crippen LogP contribution >= 0.6 is 0 Å². The Morgan fingerprint density at radius 1 is 0.605 bits per heavy atom. The third-order valence-corrected chi connectivity index (χ3v) is 4.88. The minimum atomic E-state index is -1.31. The molecule has 13 heteroatoms. The van der Waals surface area contributed by atoms with E-state index in [-0.39, 0.29) is 78.5 Å². The summed E-state index contributed by atoms with van der Waals surface area (Å²) in [5.41, 5.74) is -0.282. The van der Waals surface area contributed by atoms with Crippen molar-refractivity contribution in [1.29, 1.82) is 0 Å². The highest BCUT2D eigenvalue weighted by molar-refractivity contribution is 5.77. The van der Waals surface area contributed by atoms with E-state index in [1.807, 2.05) is 30.3 Å². The summed E-state index contributed by atoms with van der Waals surface area (Å²) in [7, 11) is 0. The van der Waals surface area contributed by atoms with Gasteiger partial charge in [0.15, 0.2) is 0 Å². The van der Waals surface area contributed by atoms with Crippen LogP contribution in [0, 0.1) is 0 Å². The van der Waals surface area contributed by atoms with Gasteiger partial charge in [-0.3, -0.25) is 19.2 Å². The Morgan fingerprint density at radius 3 is 1.53 bits per heavy atom. The minimum Gasteiger partial charge on any atom is -0.481 e. The van der Waals surface area contributed by atoms with Gasteiger partial charge in [-0.05, 0) is 5.56 Å². The molecule has 0 saturated heterocycles. The summed E-state index contributed by atoms with van der Waals surface area (Å²) in [4.78, 5) is 45.1. The first-order chi connectivity index (χ1) is 18.2. The predicted octanol–water partition coefficient (Wildman–Crippen LogP) is 0.939. The molecule has 0 fully saturated rings. The van der Waals surface area contributed by atoms with Gasteiger partial charge in [-0.2, -0.15) is 0 Å². The number of amides is 1. The lowest BCUT2D eigenvalue weighted by Crippen LogP contribution is -2.59. The van der Waals surface area contributed by atoms with E-state index >= 15 is 0 Å². The summed E-state index contributed by atoms with van der Waals surface area (Å²) >= 11 is 0. The number of carbonyl (C=O) groups is 4. The zero-order chi connectivity index (χ0) is 28.1. The third-order valence-electron chi connectivity index (χ3n) is 4.88. The van der Waals surface area contributed by atoms with Crippen molar-refractivity contribution in [3.8, 4) is 0 Å². The van der Waals surface area contributed by atoms with Gasteiger partial charge in [-0.1, -0.05) is 30.3 Å². The van der Waals surface area contributed by atoms with Crippen molar-refractivity contribution < 1.29 is 58.2 Å². The zero-order valence-electron chi connectivity index (χ0n) is 21.3. The number of hydrogen-bond acceptors (Lipinski definition) is 9. The van der Waals surface area contributed by atoms with Gasteiger partial charge in [0.25, 0.3) is 0 Å². The number of carboxylic acid groups (broad SMARTS) is 3. The lowest BCUT2D eigenvalue weighted by molar-refractivity contribution is -0.140. The summed E-state index contributed by atoms with van der Waals surface area (Å²) in [6.07, 6.45) is -0.850. The fourth-order valence-electron chi connectivity index (χ4n) is 3.02. The molecule has 4 N–H and O–H groups in total. The number of aliphatic carboxylic acids is 3. The van der Waals surface area contributed by atoms with E-state index in [1.165, 1.54) is 0 Å². The Morgan fingerprint density at radius 2 is 1.05 bits per heavy atom. The molecule has 13 nitrogen and oxygen atoms in total. The molecule has 1 rings (SSSR count). The monoisotopic (exact) mass is 543 g/mol. The number of nitrogens with one attached hydrogen (secondary N) is 1. The average Bonchev–Trinajstić information content (AvgIpc) is 2.87. The van der Waals surface area contributed by atoms with Gasteiger partial charge in [-0.15, -0.1) is 0 Å². The number of rotatable bonds is 24. The Balaban J connectivity index is 2.60. The summed E-state index contributed by atoms with van der Waals surface area (Å²) in [6.45, 7) is 0.0822. The first-order valence-corrected chi connectivity index (χ1v) is 12.1. The van der Waals surface area contributed by atoms with Crippen molar-refractivity contribution in [3.63, 3.8) is 0 Å². The standard InChI is InChI=1S/C25H37NO12/c27-21(6-10-34-14-15-35-16-20-4-2-1-3-5-20)26-25(17-36-11-7-22(28)29,18-37-12-8-23(30)31)19-38-13-9-24(32)33/h1-5H,6-19H2,(H,26,27)(H,28,29)(H,30,31)(H,32,33). The number of carboxylic acids is 3. The second-order valence-corrected chi connectivity index (χ2v) is 8.32. The molecule has 0 heterocycles. The highest BCUT2D eigenvalue weighted by atomic mass is 16.5. The Labute approximate surface area is 221 Å². The topological polar surface area (TPSA) is 187 Å². The molecular weight excluding hydrogens is 506 g/mol. The first-order valence-electron chi connectivity index (χ1n) is 12.1. The Kier molecular flexibility index (Phi) is 17.3. The summed E-state index contributed by atoms with van der Waals surface area (Å²) in [6, 6.07) is 9.64. The lowest BCUT2D eigenvalue weighted by atomic mass is 10.0. The fraction of sp³-hybridized carbons (Fsp3) is 0.600. The van der Waals surface area contributed by atoms with Gasteiger partial charge in [0.05, 0.1) is 85.3 Å². The van der Waals surface area contributed by atoms with Crippen LogP contribution in [0.4, 0.5) is 0 Å². The van der Waals surface area contributed by atoms with Crippen LogP contribution in [0.1, 0.15) is 31.2 Å². The molecule has 0 unspecified atom stereocenters. The molecule has 0 aliphatic rings. The molecule has 1 aromatic rings. The normalized spacial score (nSPS) is 11.3. The van der Waals surface area contributed by atoms with Crippen molar-refractivity contribution in [2.45, 2.75) is 37.8 Å². The van der Waals surface area contributed by atoms with Gasteiger partial charge >= 0.3 is 17.9 Å². The molecule has 0 spiro atoms. The summed E-state index contributed by atoms with van der Waals surface area (Å²) < 4.78 is 27.3. The quantitative estimate of drug-likeness (QED) is 0.135. The highest BCUT2D eigenvalue weighted by Gasteiger charge is 2.34. The van der Waals surface area contributed by atoms with Crippen LogP contribution in [0.5, 0.6) is 0 Å². The van der Waals surface area contributed by atoms with E-state index in [9.17, 15) is 19.2 Å². The van der Waals surface area contributed by atoms with E-state index in [0.717, 1.165) is 5.56 Å². The Bertz CT molecular complexity index is 778. The maximum Gasteiger partial charge on any atom is 0.305 e. The Hall–Kier alpha value is -3.10. The number of benzene rings is 1. The van der Waals surface area contributed by atoms with E-state index < -0.39 is 29.4 Å². The molecular formula is C25H37NO12. The SMILES string of the molecule is O=C(O)CCOCC(COCCC(=O)O)(COCCC(=O)O)NC(=O)CCOCCOCc1ccccc1. The largest absolute Gasteiger partial charge is 0.481 e. The van der Waals surface area contributed by atoms with Crippen molar-refractivity contribution in [3.05, 3.63) is 35.9 Å². The average molecular weight is 544 g/mol. The second kappa shape index (κ2) is 19.9. The number of hydrogen-bond donors (Lipinski definition) is 4. The molecule has 214 valence electrons. The van der Waals surface area contributed by atoms with E-state index in [4.69, 9.17) is 39.0 Å². The molecule has 0 atom stereocenters. The van der Waals surface area contributed by atoms with Crippen LogP contribution in [0.25, 0.3) is 0 Å². The predicted molar refractivity (Wildman–Crippen MR) is 132 cm³/mol. The molecule has 1 aromatic carbocycles. The first kappa shape index (κ1) is 32.9. The van der Waals surface area contributed by atoms with Crippen LogP contribution in [-0.2, 0) is 49.5 Å². The summed E-state index contributed by atoms with van der Waals surface area (Å²) in [5, 5.41) is 29.3.